The third-order valence-electron chi connectivity index (χ3n) is 3.68. The molecule has 0 saturated carbocycles. The summed E-state index contributed by atoms with van der Waals surface area (Å²) in [5.74, 6) is 0.430. The largest absolute Gasteiger partial charge is 0.610 e. The lowest BCUT2D eigenvalue weighted by Crippen LogP contribution is -2.06. The van der Waals surface area contributed by atoms with Crippen LogP contribution in [0.5, 0.6) is 0 Å². The summed E-state index contributed by atoms with van der Waals surface area (Å²) in [6.07, 6.45) is 5.27. The van der Waals surface area contributed by atoms with Crippen molar-refractivity contribution in [2.45, 2.75) is 23.8 Å². The Balaban J connectivity index is 1.97. The van der Waals surface area contributed by atoms with E-state index < -0.39 is 11.2 Å². The number of aromatic nitrogens is 4. The van der Waals surface area contributed by atoms with Crippen LogP contribution in [-0.4, -0.2) is 30.6 Å². The molecule has 6 nitrogen and oxygen atoms in total. The minimum absolute atomic E-state index is 0.430. The van der Waals surface area contributed by atoms with Gasteiger partial charge in [0.15, 0.2) is 0 Å². The van der Waals surface area contributed by atoms with Crippen LogP contribution in [0.4, 0.5) is 5.95 Å². The lowest BCUT2D eigenvalue weighted by Gasteiger charge is -2.12. The van der Waals surface area contributed by atoms with Crippen LogP contribution < -0.4 is 4.72 Å². The van der Waals surface area contributed by atoms with E-state index in [0.29, 0.717) is 11.0 Å². The van der Waals surface area contributed by atoms with Gasteiger partial charge in [-0.2, -0.15) is 10.1 Å². The number of nitrogens with one attached hydrogen (secondary N) is 1. The SMILES string of the molecule is Cc1cccc(C)c1-c1cc([S+](C)[O-])nc(NSc2cnn(C)c2)n1. The van der Waals surface area contributed by atoms with Gasteiger partial charge in [-0.15, -0.1) is 0 Å². The fourth-order valence-electron chi connectivity index (χ4n) is 2.52. The van der Waals surface area contributed by atoms with Crippen molar-refractivity contribution < 1.29 is 4.55 Å². The van der Waals surface area contributed by atoms with E-state index in [2.05, 4.69) is 19.8 Å². The van der Waals surface area contributed by atoms with E-state index in [1.807, 2.05) is 45.3 Å². The molecule has 3 rings (SSSR count). The number of rotatable bonds is 5. The van der Waals surface area contributed by atoms with Crippen molar-refractivity contribution in [3.8, 4) is 11.3 Å². The fourth-order valence-corrected chi connectivity index (χ4v) is 3.62. The molecule has 0 radical (unpaired) electrons. The number of aryl methyl sites for hydroxylation is 3. The molecule has 130 valence electrons. The van der Waals surface area contributed by atoms with Crippen LogP contribution in [0.3, 0.4) is 0 Å². The molecule has 25 heavy (non-hydrogen) atoms. The maximum absolute atomic E-state index is 12.0. The van der Waals surface area contributed by atoms with Crippen molar-refractivity contribution in [2.75, 3.05) is 11.0 Å². The van der Waals surface area contributed by atoms with Gasteiger partial charge in [0, 0.05) is 36.1 Å². The number of nitrogens with zero attached hydrogens (tertiary/aromatic N) is 4. The summed E-state index contributed by atoms with van der Waals surface area (Å²) in [6, 6.07) is 7.91. The third-order valence-corrected chi connectivity index (χ3v) is 5.21. The summed E-state index contributed by atoms with van der Waals surface area (Å²) in [5.41, 5.74) is 4.06. The van der Waals surface area contributed by atoms with Gasteiger partial charge in [0.2, 0.25) is 11.0 Å². The number of anilines is 1. The first kappa shape index (κ1) is 17.8. The molecular formula is C17H19N5OS2. The molecule has 2 aromatic heterocycles. The molecular weight excluding hydrogens is 354 g/mol. The molecule has 0 amide bonds. The Morgan fingerprint density at radius 2 is 1.92 bits per heavy atom. The highest BCUT2D eigenvalue weighted by atomic mass is 32.2. The van der Waals surface area contributed by atoms with E-state index in [1.54, 1.807) is 23.2 Å². The molecule has 1 aromatic carbocycles. The number of benzene rings is 1. The van der Waals surface area contributed by atoms with Crippen molar-refractivity contribution in [2.24, 2.45) is 7.05 Å². The molecule has 0 saturated heterocycles. The third kappa shape index (κ3) is 4.15. The summed E-state index contributed by atoms with van der Waals surface area (Å²) >= 11 is 0.172. The van der Waals surface area contributed by atoms with Crippen LogP contribution in [0.1, 0.15) is 11.1 Å². The van der Waals surface area contributed by atoms with Crippen LogP contribution in [0.15, 0.2) is 46.6 Å². The fraction of sp³-hybridized carbons (Fsp3) is 0.235. The standard InChI is InChI=1S/C17H19N5OS2/c1-11-6-5-7-12(2)16(11)14-8-15(25(4)23)20-17(19-14)21-24-13-9-18-22(3)10-13/h5-10H,1-4H3,(H,19,20,21). The van der Waals surface area contributed by atoms with Crippen molar-refractivity contribution in [3.05, 3.63) is 47.8 Å². The van der Waals surface area contributed by atoms with Crippen molar-refractivity contribution >= 4 is 29.1 Å². The number of hydrogen-bond donors (Lipinski definition) is 1. The van der Waals surface area contributed by atoms with Crippen LogP contribution in [0, 0.1) is 13.8 Å². The molecule has 0 aliphatic carbocycles. The van der Waals surface area contributed by atoms with Gasteiger partial charge in [-0.1, -0.05) is 18.2 Å². The Kier molecular flexibility index (Phi) is 5.31. The first-order valence-electron chi connectivity index (χ1n) is 7.64. The maximum Gasteiger partial charge on any atom is 0.249 e. The van der Waals surface area contributed by atoms with Gasteiger partial charge in [-0.05, 0) is 36.9 Å². The van der Waals surface area contributed by atoms with E-state index in [4.69, 9.17) is 0 Å². The van der Waals surface area contributed by atoms with Gasteiger partial charge in [0.1, 0.15) is 6.26 Å². The minimum Gasteiger partial charge on any atom is -0.610 e. The second-order valence-corrected chi connectivity index (χ2v) is 7.90. The molecule has 0 aliphatic rings. The van der Waals surface area contributed by atoms with Gasteiger partial charge >= 0.3 is 0 Å². The summed E-state index contributed by atoms with van der Waals surface area (Å²) < 4.78 is 16.9. The number of hydrogen-bond acceptors (Lipinski definition) is 6. The average Bonchev–Trinajstić information content (AvgIpc) is 2.98. The maximum atomic E-state index is 12.0. The monoisotopic (exact) mass is 373 g/mol. The Morgan fingerprint density at radius 1 is 1.20 bits per heavy atom. The highest BCUT2D eigenvalue weighted by Gasteiger charge is 2.16. The minimum atomic E-state index is -1.20. The summed E-state index contributed by atoms with van der Waals surface area (Å²) in [5, 5.41) is 4.63. The smallest absolute Gasteiger partial charge is 0.249 e. The summed E-state index contributed by atoms with van der Waals surface area (Å²) in [7, 11) is 1.86. The molecule has 0 aliphatic heterocycles. The normalized spacial score (nSPS) is 12.2. The summed E-state index contributed by atoms with van der Waals surface area (Å²) in [4.78, 5) is 9.94. The van der Waals surface area contributed by atoms with E-state index in [-0.39, 0.29) is 0 Å². The second kappa shape index (κ2) is 7.47. The van der Waals surface area contributed by atoms with Crippen molar-refractivity contribution in [3.63, 3.8) is 0 Å². The molecule has 0 bridgehead atoms. The predicted octanol–water partition coefficient (Wildman–Crippen LogP) is 3.35. The Bertz CT molecular complexity index is 874. The van der Waals surface area contributed by atoms with Crippen LogP contribution in [0.25, 0.3) is 11.3 Å². The van der Waals surface area contributed by atoms with Crippen LogP contribution in [0.2, 0.25) is 0 Å². The van der Waals surface area contributed by atoms with Gasteiger partial charge in [-0.25, -0.2) is 4.98 Å². The Labute approximate surface area is 154 Å². The van der Waals surface area contributed by atoms with Crippen molar-refractivity contribution in [1.29, 1.82) is 0 Å². The van der Waals surface area contributed by atoms with Gasteiger partial charge in [0.25, 0.3) is 0 Å². The predicted molar refractivity (Wildman–Crippen MR) is 102 cm³/mol. The van der Waals surface area contributed by atoms with E-state index >= 15 is 0 Å². The molecule has 0 fully saturated rings. The van der Waals surface area contributed by atoms with E-state index in [9.17, 15) is 4.55 Å². The van der Waals surface area contributed by atoms with E-state index in [0.717, 1.165) is 27.3 Å². The zero-order chi connectivity index (χ0) is 18.0. The zero-order valence-electron chi connectivity index (χ0n) is 14.5. The first-order valence-corrected chi connectivity index (χ1v) is 10.0. The van der Waals surface area contributed by atoms with Crippen LogP contribution >= 0.6 is 11.9 Å². The molecule has 8 heteroatoms. The van der Waals surface area contributed by atoms with Gasteiger partial charge in [0.05, 0.1) is 16.8 Å². The average molecular weight is 374 g/mol. The Hall–Kier alpha value is -2.03. The first-order chi connectivity index (χ1) is 11.9. The van der Waals surface area contributed by atoms with Gasteiger partial charge in [-0.3, -0.25) is 9.40 Å². The van der Waals surface area contributed by atoms with Crippen LogP contribution in [-0.2, 0) is 18.2 Å². The molecule has 0 spiro atoms. The lowest BCUT2D eigenvalue weighted by molar-refractivity contribution is 0.597. The second-order valence-electron chi connectivity index (χ2n) is 5.69. The molecule has 2 heterocycles. The van der Waals surface area contributed by atoms with E-state index in [1.165, 1.54) is 11.9 Å². The zero-order valence-corrected chi connectivity index (χ0v) is 16.1. The highest BCUT2D eigenvalue weighted by Crippen LogP contribution is 2.29. The molecule has 3 aromatic rings. The molecule has 1 atom stereocenters. The quantitative estimate of drug-likeness (QED) is 0.420. The highest BCUT2D eigenvalue weighted by molar-refractivity contribution is 8.00. The van der Waals surface area contributed by atoms with Gasteiger partial charge < -0.3 is 4.55 Å². The molecule has 1 unspecified atom stereocenters. The topological polar surface area (TPSA) is 78.7 Å². The van der Waals surface area contributed by atoms with Crippen molar-refractivity contribution in [1.82, 2.24) is 19.7 Å². The summed E-state index contributed by atoms with van der Waals surface area (Å²) in [6.45, 7) is 4.09. The lowest BCUT2D eigenvalue weighted by atomic mass is 10.00. The molecule has 1 N–H and O–H groups in total. The Morgan fingerprint density at radius 3 is 2.52 bits per heavy atom.